The second-order valence-electron chi connectivity index (χ2n) is 6.54. The summed E-state index contributed by atoms with van der Waals surface area (Å²) in [5, 5.41) is 11.5. The van der Waals surface area contributed by atoms with Crippen LogP contribution in [0, 0.1) is 5.92 Å². The molecule has 0 unspecified atom stereocenters. The van der Waals surface area contributed by atoms with Crippen molar-refractivity contribution >= 4 is 12.1 Å². The van der Waals surface area contributed by atoms with E-state index in [1.807, 2.05) is 0 Å². The first-order chi connectivity index (χ1) is 11.9. The van der Waals surface area contributed by atoms with E-state index in [1.54, 1.807) is 13.2 Å². The highest BCUT2D eigenvalue weighted by Gasteiger charge is 2.57. The van der Waals surface area contributed by atoms with Crippen LogP contribution in [0.1, 0.15) is 35.8 Å². The molecule has 25 heavy (non-hydrogen) atoms. The molecule has 2 fully saturated rings. The van der Waals surface area contributed by atoms with E-state index in [9.17, 15) is 9.59 Å². The van der Waals surface area contributed by atoms with Crippen molar-refractivity contribution in [3.05, 3.63) is 29.6 Å². The number of pyridine rings is 1. The Kier molecular flexibility index (Phi) is 4.91. The number of epoxide rings is 1. The molecule has 1 aromatic heterocycles. The zero-order valence-corrected chi connectivity index (χ0v) is 14.2. The monoisotopic (exact) mass is 350 g/mol. The highest BCUT2D eigenvalue weighted by atomic mass is 16.6. The van der Waals surface area contributed by atoms with Gasteiger partial charge in [0.2, 0.25) is 0 Å². The zero-order valence-electron chi connectivity index (χ0n) is 14.2. The average Bonchev–Trinajstić information content (AvgIpc) is 3.38. The van der Waals surface area contributed by atoms with Crippen LogP contribution < -0.4 is 5.32 Å². The van der Waals surface area contributed by atoms with Crippen LogP contribution in [0.15, 0.2) is 18.3 Å². The van der Waals surface area contributed by atoms with Crippen molar-refractivity contribution in [2.24, 2.45) is 5.92 Å². The Hall–Kier alpha value is -2.19. The lowest BCUT2D eigenvalue weighted by molar-refractivity contribution is -0.0938. The van der Waals surface area contributed by atoms with Gasteiger partial charge in [0.05, 0.1) is 18.3 Å². The van der Waals surface area contributed by atoms with Gasteiger partial charge >= 0.3 is 12.1 Å². The van der Waals surface area contributed by atoms with Gasteiger partial charge in [-0.1, -0.05) is 13.0 Å². The van der Waals surface area contributed by atoms with Gasteiger partial charge in [-0.25, -0.2) is 14.6 Å². The summed E-state index contributed by atoms with van der Waals surface area (Å²) in [6.07, 6.45) is 1.92. The largest absolute Gasteiger partial charge is 0.477 e. The van der Waals surface area contributed by atoms with Crippen LogP contribution in [0.3, 0.4) is 0 Å². The van der Waals surface area contributed by atoms with Gasteiger partial charge in [-0.2, -0.15) is 0 Å². The molecule has 1 spiro atoms. The molecule has 4 atom stereocenters. The third-order valence-electron chi connectivity index (χ3n) is 5.07. The number of amides is 1. The molecule has 8 heteroatoms. The minimum Gasteiger partial charge on any atom is -0.477 e. The van der Waals surface area contributed by atoms with Crippen molar-refractivity contribution in [3.8, 4) is 0 Å². The fraction of sp³-hybridized carbons (Fsp3) is 0.588. The quantitative estimate of drug-likeness (QED) is 0.776. The van der Waals surface area contributed by atoms with Crippen molar-refractivity contribution in [2.75, 3.05) is 13.7 Å². The number of carboxylic acid groups (broad SMARTS) is 1. The van der Waals surface area contributed by atoms with Crippen LogP contribution in [0.4, 0.5) is 4.79 Å². The normalized spacial score (nSPS) is 30.7. The van der Waals surface area contributed by atoms with Crippen molar-refractivity contribution in [3.63, 3.8) is 0 Å². The standard InChI is InChI=1S/C17H22N2O6/c1-10-14(23-2)13(5-6-17(10)9-24-17)25-16(22)19-8-11-3-4-12(15(20)21)18-7-11/h3-4,7,10,13-14H,5-6,8-9H2,1-2H3,(H,19,22)(H,20,21)/t10-,13+,14-,17-/m0/s1. The van der Waals surface area contributed by atoms with Crippen LogP contribution in [-0.4, -0.2) is 53.7 Å². The molecule has 1 aliphatic heterocycles. The molecule has 0 aromatic carbocycles. The summed E-state index contributed by atoms with van der Waals surface area (Å²) in [6.45, 7) is 3.01. The minimum absolute atomic E-state index is 0.0401. The van der Waals surface area contributed by atoms with E-state index in [4.69, 9.17) is 19.3 Å². The number of rotatable bonds is 5. The van der Waals surface area contributed by atoms with Crippen LogP contribution >= 0.6 is 0 Å². The summed E-state index contributed by atoms with van der Waals surface area (Å²) in [5.74, 6) is -0.926. The number of ether oxygens (including phenoxy) is 3. The molecule has 8 nitrogen and oxygen atoms in total. The van der Waals surface area contributed by atoms with E-state index >= 15 is 0 Å². The Labute approximate surface area is 145 Å². The second kappa shape index (κ2) is 6.97. The lowest BCUT2D eigenvalue weighted by Crippen LogP contribution is -2.49. The molecular formula is C17H22N2O6. The van der Waals surface area contributed by atoms with Crippen molar-refractivity contribution < 1.29 is 28.9 Å². The van der Waals surface area contributed by atoms with E-state index < -0.39 is 12.1 Å². The van der Waals surface area contributed by atoms with Gasteiger partial charge in [-0.3, -0.25) is 0 Å². The molecule has 3 rings (SSSR count). The highest BCUT2D eigenvalue weighted by molar-refractivity contribution is 5.85. The first-order valence-corrected chi connectivity index (χ1v) is 8.24. The predicted octanol–water partition coefficient (Wildman–Crippen LogP) is 1.59. The fourth-order valence-electron chi connectivity index (χ4n) is 3.39. The molecule has 1 aliphatic carbocycles. The number of carboxylic acids is 1. The highest BCUT2D eigenvalue weighted by Crippen LogP contribution is 2.47. The van der Waals surface area contributed by atoms with Crippen LogP contribution in [0.2, 0.25) is 0 Å². The van der Waals surface area contributed by atoms with Gasteiger partial charge in [0.1, 0.15) is 11.8 Å². The maximum Gasteiger partial charge on any atom is 0.407 e. The Morgan fingerprint density at radius 3 is 2.80 bits per heavy atom. The van der Waals surface area contributed by atoms with Crippen LogP contribution in [0.5, 0.6) is 0 Å². The number of nitrogens with zero attached hydrogens (tertiary/aromatic N) is 1. The van der Waals surface area contributed by atoms with Gasteiger partial charge in [0, 0.05) is 25.8 Å². The zero-order chi connectivity index (χ0) is 18.0. The summed E-state index contributed by atoms with van der Waals surface area (Å²) < 4.78 is 16.6. The number of hydrogen-bond acceptors (Lipinski definition) is 6. The summed E-state index contributed by atoms with van der Waals surface area (Å²) >= 11 is 0. The van der Waals surface area contributed by atoms with Crippen molar-refractivity contribution in [1.82, 2.24) is 10.3 Å². The number of aromatic nitrogens is 1. The van der Waals surface area contributed by atoms with E-state index in [2.05, 4.69) is 17.2 Å². The number of methoxy groups -OCH3 is 1. The van der Waals surface area contributed by atoms with Gasteiger partial charge in [-0.15, -0.1) is 0 Å². The molecule has 2 heterocycles. The topological polar surface area (TPSA) is 110 Å². The van der Waals surface area contributed by atoms with Gasteiger partial charge in [0.15, 0.2) is 0 Å². The fourth-order valence-corrected chi connectivity index (χ4v) is 3.39. The molecule has 1 aromatic rings. The Morgan fingerprint density at radius 1 is 1.48 bits per heavy atom. The number of nitrogens with one attached hydrogen (secondary N) is 1. The van der Waals surface area contributed by atoms with Gasteiger partial charge in [-0.05, 0) is 24.5 Å². The van der Waals surface area contributed by atoms with Gasteiger partial charge in [0.25, 0.3) is 0 Å². The maximum atomic E-state index is 12.1. The first-order valence-electron chi connectivity index (χ1n) is 8.24. The van der Waals surface area contributed by atoms with E-state index in [-0.39, 0.29) is 36.0 Å². The Bertz CT molecular complexity index is 643. The number of carbonyl (C=O) groups is 2. The SMILES string of the molecule is CO[C@@H]1[C@H](OC(=O)NCc2ccc(C(=O)O)nc2)CC[C@]2(CO2)[C@H]1C. The maximum absolute atomic E-state index is 12.1. The average molecular weight is 350 g/mol. The smallest absolute Gasteiger partial charge is 0.407 e. The van der Waals surface area contributed by atoms with E-state index in [0.29, 0.717) is 12.0 Å². The summed E-state index contributed by atoms with van der Waals surface area (Å²) in [6, 6.07) is 3.00. The third kappa shape index (κ3) is 3.74. The molecule has 0 bridgehead atoms. The lowest BCUT2D eigenvalue weighted by Gasteiger charge is -2.38. The minimum atomic E-state index is -1.09. The molecule has 1 saturated carbocycles. The molecule has 1 saturated heterocycles. The number of hydrogen-bond donors (Lipinski definition) is 2. The van der Waals surface area contributed by atoms with Crippen LogP contribution in [0.25, 0.3) is 0 Å². The molecule has 0 radical (unpaired) electrons. The lowest BCUT2D eigenvalue weighted by atomic mass is 9.77. The molecule has 2 aliphatic rings. The van der Waals surface area contributed by atoms with Gasteiger partial charge < -0.3 is 24.6 Å². The number of alkyl carbamates (subject to hydrolysis) is 1. The van der Waals surface area contributed by atoms with E-state index in [0.717, 1.165) is 13.0 Å². The van der Waals surface area contributed by atoms with Crippen molar-refractivity contribution in [2.45, 2.75) is 44.1 Å². The summed E-state index contributed by atoms with van der Waals surface area (Å²) in [5.41, 5.74) is 0.545. The Morgan fingerprint density at radius 2 is 2.24 bits per heavy atom. The van der Waals surface area contributed by atoms with Crippen LogP contribution in [-0.2, 0) is 20.8 Å². The first kappa shape index (κ1) is 17.6. The molecular weight excluding hydrogens is 328 g/mol. The Balaban J connectivity index is 1.51. The number of carbonyl (C=O) groups excluding carboxylic acids is 1. The number of aromatic carboxylic acids is 1. The predicted molar refractivity (Wildman–Crippen MR) is 86.2 cm³/mol. The molecule has 1 amide bonds. The van der Waals surface area contributed by atoms with E-state index in [1.165, 1.54) is 12.3 Å². The van der Waals surface area contributed by atoms with Crippen molar-refractivity contribution in [1.29, 1.82) is 0 Å². The molecule has 2 N–H and O–H groups in total. The third-order valence-corrected chi connectivity index (χ3v) is 5.07. The molecule has 136 valence electrons. The second-order valence-corrected chi connectivity index (χ2v) is 6.54. The summed E-state index contributed by atoms with van der Waals surface area (Å²) in [4.78, 5) is 26.6. The summed E-state index contributed by atoms with van der Waals surface area (Å²) in [7, 11) is 1.62.